The van der Waals surface area contributed by atoms with Crippen molar-refractivity contribution in [1.82, 2.24) is 0 Å². The molecule has 1 aromatic rings. The molecule has 0 saturated heterocycles. The van der Waals surface area contributed by atoms with E-state index in [9.17, 15) is 4.79 Å². The number of amides is 1. The Labute approximate surface area is 114 Å². The lowest BCUT2D eigenvalue weighted by atomic mass is 10.1. The molecule has 1 aromatic carbocycles. The molecule has 4 heteroatoms. The van der Waals surface area contributed by atoms with Crippen molar-refractivity contribution in [2.45, 2.75) is 37.0 Å². The second kappa shape index (κ2) is 9.00. The number of rotatable bonds is 8. The Bertz CT molecular complexity index is 351. The quantitative estimate of drug-likeness (QED) is 0.561. The molecule has 0 spiro atoms. The summed E-state index contributed by atoms with van der Waals surface area (Å²) in [6, 6.07) is 7.92. The highest BCUT2D eigenvalue weighted by Gasteiger charge is 2.02. The first kappa shape index (κ1) is 15.1. The summed E-state index contributed by atoms with van der Waals surface area (Å²) in [5.74, 6) is 0.0969. The molecule has 0 aliphatic heterocycles. The first-order chi connectivity index (χ1) is 8.76. The number of hydrogen-bond donors (Lipinski definition) is 2. The number of hydrogen-bond acceptors (Lipinski definition) is 3. The molecular weight excluding hydrogens is 244 g/mol. The zero-order valence-corrected chi connectivity index (χ0v) is 11.8. The fraction of sp³-hybridized carbons (Fsp3) is 0.500. The van der Waals surface area contributed by atoms with Crippen LogP contribution in [0, 0.1) is 0 Å². The van der Waals surface area contributed by atoms with Gasteiger partial charge in [0.2, 0.25) is 5.91 Å². The Hall–Kier alpha value is -1.00. The lowest BCUT2D eigenvalue weighted by Gasteiger charge is -2.05. The number of thioether (sulfide) groups is 1. The molecule has 18 heavy (non-hydrogen) atoms. The molecule has 0 fully saturated rings. The van der Waals surface area contributed by atoms with Crippen LogP contribution in [0.5, 0.6) is 0 Å². The predicted octanol–water partition coefficient (Wildman–Crippen LogP) is 3.26. The van der Waals surface area contributed by atoms with Crippen LogP contribution in [-0.4, -0.2) is 18.7 Å². The van der Waals surface area contributed by atoms with Crippen LogP contribution in [-0.2, 0) is 4.79 Å². The van der Waals surface area contributed by atoms with Crippen LogP contribution in [0.25, 0.3) is 0 Å². The van der Waals surface area contributed by atoms with Crippen molar-refractivity contribution in [3.05, 3.63) is 24.3 Å². The zero-order valence-electron chi connectivity index (χ0n) is 10.9. The van der Waals surface area contributed by atoms with Gasteiger partial charge in [-0.15, -0.1) is 11.8 Å². The SMILES string of the molecule is CSc1ccc(NC(=O)CCCCCCN)cc1. The second-order valence-corrected chi connectivity index (χ2v) is 5.11. The number of nitrogens with one attached hydrogen (secondary N) is 1. The number of carbonyl (C=O) groups is 1. The Morgan fingerprint density at radius 1 is 1.17 bits per heavy atom. The lowest BCUT2D eigenvalue weighted by Crippen LogP contribution is -2.11. The van der Waals surface area contributed by atoms with Gasteiger partial charge in [-0.1, -0.05) is 12.8 Å². The summed E-state index contributed by atoms with van der Waals surface area (Å²) in [6.45, 7) is 0.744. The minimum Gasteiger partial charge on any atom is -0.330 e. The summed E-state index contributed by atoms with van der Waals surface area (Å²) in [5.41, 5.74) is 6.29. The topological polar surface area (TPSA) is 55.1 Å². The number of nitrogens with two attached hydrogens (primary N) is 1. The summed E-state index contributed by atoms with van der Waals surface area (Å²) in [7, 11) is 0. The molecule has 0 radical (unpaired) electrons. The minimum atomic E-state index is 0.0969. The Morgan fingerprint density at radius 2 is 1.83 bits per heavy atom. The molecule has 100 valence electrons. The molecule has 0 aliphatic carbocycles. The van der Waals surface area contributed by atoms with Gasteiger partial charge in [0.05, 0.1) is 0 Å². The molecule has 0 heterocycles. The van der Waals surface area contributed by atoms with E-state index in [-0.39, 0.29) is 5.91 Å². The number of unbranched alkanes of at least 4 members (excludes halogenated alkanes) is 3. The van der Waals surface area contributed by atoms with E-state index in [1.54, 1.807) is 11.8 Å². The van der Waals surface area contributed by atoms with Gasteiger partial charge in [0.15, 0.2) is 0 Å². The van der Waals surface area contributed by atoms with Gasteiger partial charge in [-0.2, -0.15) is 0 Å². The molecule has 0 bridgehead atoms. The average Bonchev–Trinajstić information content (AvgIpc) is 2.39. The fourth-order valence-corrected chi connectivity index (χ4v) is 2.09. The van der Waals surface area contributed by atoms with Gasteiger partial charge >= 0.3 is 0 Å². The fourth-order valence-electron chi connectivity index (χ4n) is 1.68. The summed E-state index contributed by atoms with van der Waals surface area (Å²) >= 11 is 1.69. The van der Waals surface area contributed by atoms with Crippen LogP contribution in [0.4, 0.5) is 5.69 Å². The average molecular weight is 266 g/mol. The standard InChI is InChI=1S/C14H22N2OS/c1-18-13-9-7-12(8-10-13)16-14(17)6-4-2-3-5-11-15/h7-10H,2-6,11,15H2,1H3,(H,16,17). The minimum absolute atomic E-state index is 0.0969. The number of benzene rings is 1. The molecule has 0 aromatic heterocycles. The van der Waals surface area contributed by atoms with Crippen LogP contribution < -0.4 is 11.1 Å². The van der Waals surface area contributed by atoms with Gasteiger partial charge < -0.3 is 11.1 Å². The Balaban J connectivity index is 2.22. The van der Waals surface area contributed by atoms with Crippen molar-refractivity contribution < 1.29 is 4.79 Å². The van der Waals surface area contributed by atoms with Crippen LogP contribution in [0.15, 0.2) is 29.2 Å². The zero-order chi connectivity index (χ0) is 13.2. The highest BCUT2D eigenvalue weighted by molar-refractivity contribution is 7.98. The predicted molar refractivity (Wildman–Crippen MR) is 79.0 cm³/mol. The van der Waals surface area contributed by atoms with Gasteiger partial charge in [-0.3, -0.25) is 4.79 Å². The normalized spacial score (nSPS) is 10.3. The third kappa shape index (κ3) is 6.07. The number of anilines is 1. The molecular formula is C14H22N2OS. The second-order valence-electron chi connectivity index (χ2n) is 4.23. The van der Waals surface area contributed by atoms with E-state index >= 15 is 0 Å². The van der Waals surface area contributed by atoms with Crippen LogP contribution in [0.2, 0.25) is 0 Å². The molecule has 3 N–H and O–H groups in total. The first-order valence-corrected chi connectivity index (χ1v) is 7.62. The van der Waals surface area contributed by atoms with Crippen molar-refractivity contribution >= 4 is 23.4 Å². The lowest BCUT2D eigenvalue weighted by molar-refractivity contribution is -0.116. The van der Waals surface area contributed by atoms with Crippen molar-refractivity contribution in [1.29, 1.82) is 0 Å². The first-order valence-electron chi connectivity index (χ1n) is 6.40. The third-order valence-corrected chi connectivity index (χ3v) is 3.48. The van der Waals surface area contributed by atoms with Crippen molar-refractivity contribution in [3.8, 4) is 0 Å². The smallest absolute Gasteiger partial charge is 0.224 e. The van der Waals surface area contributed by atoms with Gasteiger partial charge in [0, 0.05) is 17.0 Å². The van der Waals surface area contributed by atoms with E-state index in [1.165, 1.54) is 4.90 Å². The van der Waals surface area contributed by atoms with Gasteiger partial charge in [-0.25, -0.2) is 0 Å². The largest absolute Gasteiger partial charge is 0.330 e. The maximum atomic E-state index is 11.7. The van der Waals surface area contributed by atoms with Crippen LogP contribution in [0.3, 0.4) is 0 Å². The molecule has 0 aliphatic rings. The summed E-state index contributed by atoms with van der Waals surface area (Å²) in [4.78, 5) is 12.9. The van der Waals surface area contributed by atoms with E-state index in [0.29, 0.717) is 6.42 Å². The van der Waals surface area contributed by atoms with Crippen molar-refractivity contribution in [3.63, 3.8) is 0 Å². The summed E-state index contributed by atoms with van der Waals surface area (Å²) in [6.07, 6.45) is 6.82. The summed E-state index contributed by atoms with van der Waals surface area (Å²) < 4.78 is 0. The van der Waals surface area contributed by atoms with Crippen molar-refractivity contribution in [2.75, 3.05) is 18.1 Å². The van der Waals surface area contributed by atoms with Crippen LogP contribution in [0.1, 0.15) is 32.1 Å². The molecule has 0 unspecified atom stereocenters. The number of carbonyl (C=O) groups excluding carboxylic acids is 1. The van der Waals surface area contributed by atoms with Gasteiger partial charge in [-0.05, 0) is 49.9 Å². The summed E-state index contributed by atoms with van der Waals surface area (Å²) in [5, 5.41) is 2.91. The van der Waals surface area contributed by atoms with E-state index in [4.69, 9.17) is 5.73 Å². The maximum absolute atomic E-state index is 11.7. The highest BCUT2D eigenvalue weighted by atomic mass is 32.2. The molecule has 1 rings (SSSR count). The van der Waals surface area contributed by atoms with Gasteiger partial charge in [0.1, 0.15) is 0 Å². The molecule has 3 nitrogen and oxygen atoms in total. The van der Waals surface area contributed by atoms with E-state index in [0.717, 1.165) is 37.9 Å². The molecule has 0 atom stereocenters. The van der Waals surface area contributed by atoms with E-state index < -0.39 is 0 Å². The van der Waals surface area contributed by atoms with E-state index in [2.05, 4.69) is 5.32 Å². The Kier molecular flexibility index (Phi) is 7.53. The van der Waals surface area contributed by atoms with Crippen molar-refractivity contribution in [2.24, 2.45) is 5.73 Å². The Morgan fingerprint density at radius 3 is 2.44 bits per heavy atom. The third-order valence-electron chi connectivity index (χ3n) is 2.73. The van der Waals surface area contributed by atoms with E-state index in [1.807, 2.05) is 30.5 Å². The van der Waals surface area contributed by atoms with Crippen LogP contribution >= 0.6 is 11.8 Å². The van der Waals surface area contributed by atoms with Gasteiger partial charge in [0.25, 0.3) is 0 Å². The highest BCUT2D eigenvalue weighted by Crippen LogP contribution is 2.17. The molecule has 1 amide bonds. The molecule has 0 saturated carbocycles. The maximum Gasteiger partial charge on any atom is 0.224 e. The monoisotopic (exact) mass is 266 g/mol.